The molecule has 1 atom stereocenters. The minimum absolute atomic E-state index is 0.0489. The Morgan fingerprint density at radius 2 is 1.65 bits per heavy atom. The van der Waals surface area contributed by atoms with Crippen molar-refractivity contribution in [2.75, 3.05) is 6.54 Å². The zero-order chi connectivity index (χ0) is 16.7. The number of benzene rings is 2. The van der Waals surface area contributed by atoms with Crippen LogP contribution in [0, 0.1) is 5.92 Å². The lowest BCUT2D eigenvalue weighted by Crippen LogP contribution is -2.28. The Balaban J connectivity index is 1.99. The molecule has 2 aromatic carbocycles. The lowest BCUT2D eigenvalue weighted by atomic mass is 9.91. The van der Waals surface area contributed by atoms with Gasteiger partial charge in [0.1, 0.15) is 0 Å². The molecule has 0 aliphatic carbocycles. The minimum Gasteiger partial charge on any atom is -0.351 e. The smallest absolute Gasteiger partial charge is 0.251 e. The molecule has 0 bridgehead atoms. The van der Waals surface area contributed by atoms with Crippen LogP contribution in [0.2, 0.25) is 5.02 Å². The molecule has 2 aromatic rings. The topological polar surface area (TPSA) is 29.1 Å². The third-order valence-corrected chi connectivity index (χ3v) is 4.23. The number of nitrogens with one attached hydrogen (secondary N) is 1. The van der Waals surface area contributed by atoms with E-state index in [0.717, 1.165) is 12.8 Å². The first kappa shape index (κ1) is 17.6. The second-order valence-electron chi connectivity index (χ2n) is 6.30. The molecule has 2 rings (SSSR count). The van der Waals surface area contributed by atoms with E-state index in [-0.39, 0.29) is 5.91 Å². The molecule has 0 aliphatic rings. The van der Waals surface area contributed by atoms with E-state index in [1.807, 2.05) is 6.07 Å². The summed E-state index contributed by atoms with van der Waals surface area (Å²) in [6, 6.07) is 17.4. The highest BCUT2D eigenvalue weighted by Crippen LogP contribution is 2.23. The van der Waals surface area contributed by atoms with Gasteiger partial charge in [0.25, 0.3) is 5.91 Å². The minimum atomic E-state index is -0.0489. The average Bonchev–Trinajstić information content (AvgIpc) is 2.56. The molecular formula is C20H24ClNO. The molecule has 1 unspecified atom stereocenters. The van der Waals surface area contributed by atoms with Crippen molar-refractivity contribution < 1.29 is 4.79 Å². The van der Waals surface area contributed by atoms with Crippen molar-refractivity contribution >= 4 is 17.5 Å². The van der Waals surface area contributed by atoms with E-state index >= 15 is 0 Å². The first-order chi connectivity index (χ1) is 11.1. The first-order valence-electron chi connectivity index (χ1n) is 8.15. The molecule has 0 heterocycles. The lowest BCUT2D eigenvalue weighted by Gasteiger charge is -2.19. The lowest BCUT2D eigenvalue weighted by molar-refractivity contribution is 0.0950. The fraction of sp³-hybridized carbons (Fsp3) is 0.350. The second-order valence-corrected chi connectivity index (χ2v) is 6.73. The van der Waals surface area contributed by atoms with Crippen LogP contribution < -0.4 is 5.32 Å². The molecule has 1 amide bonds. The van der Waals surface area contributed by atoms with Crippen LogP contribution in [-0.2, 0) is 0 Å². The fourth-order valence-corrected chi connectivity index (χ4v) is 2.69. The van der Waals surface area contributed by atoms with Gasteiger partial charge in [0, 0.05) is 23.0 Å². The Labute approximate surface area is 143 Å². The van der Waals surface area contributed by atoms with Gasteiger partial charge < -0.3 is 5.32 Å². The molecule has 0 fully saturated rings. The summed E-state index contributed by atoms with van der Waals surface area (Å²) in [5.41, 5.74) is 1.93. The summed E-state index contributed by atoms with van der Waals surface area (Å²) in [5, 5.41) is 3.70. The molecule has 0 spiro atoms. The SMILES string of the molecule is CC(C)CCC(CNC(=O)c1ccc(Cl)cc1)c1ccccc1. The van der Waals surface area contributed by atoms with Crippen LogP contribution in [0.25, 0.3) is 0 Å². The average molecular weight is 330 g/mol. The Hall–Kier alpha value is -1.80. The highest BCUT2D eigenvalue weighted by atomic mass is 35.5. The van der Waals surface area contributed by atoms with Crippen LogP contribution in [-0.4, -0.2) is 12.5 Å². The third kappa shape index (κ3) is 5.72. The number of halogens is 1. The van der Waals surface area contributed by atoms with Crippen molar-refractivity contribution in [1.29, 1.82) is 0 Å². The summed E-state index contributed by atoms with van der Waals surface area (Å²) >= 11 is 5.86. The van der Waals surface area contributed by atoms with Crippen molar-refractivity contribution in [1.82, 2.24) is 5.32 Å². The normalized spacial score (nSPS) is 12.2. The van der Waals surface area contributed by atoms with Crippen LogP contribution in [0.3, 0.4) is 0 Å². The number of hydrogen-bond donors (Lipinski definition) is 1. The molecule has 23 heavy (non-hydrogen) atoms. The van der Waals surface area contributed by atoms with E-state index in [2.05, 4.69) is 43.4 Å². The molecule has 122 valence electrons. The van der Waals surface area contributed by atoms with Gasteiger partial charge in [-0.15, -0.1) is 0 Å². The maximum atomic E-state index is 12.3. The van der Waals surface area contributed by atoms with Gasteiger partial charge in [-0.2, -0.15) is 0 Å². The zero-order valence-corrected chi connectivity index (χ0v) is 14.5. The van der Waals surface area contributed by atoms with Gasteiger partial charge >= 0.3 is 0 Å². The van der Waals surface area contributed by atoms with Crippen molar-refractivity contribution in [3.63, 3.8) is 0 Å². The summed E-state index contributed by atoms with van der Waals surface area (Å²) in [7, 11) is 0. The summed E-state index contributed by atoms with van der Waals surface area (Å²) in [5.74, 6) is 0.954. The quantitative estimate of drug-likeness (QED) is 0.734. The third-order valence-electron chi connectivity index (χ3n) is 3.98. The molecular weight excluding hydrogens is 306 g/mol. The molecule has 0 aliphatic heterocycles. The van der Waals surface area contributed by atoms with Crippen molar-refractivity contribution in [3.8, 4) is 0 Å². The Morgan fingerprint density at radius 3 is 2.26 bits per heavy atom. The van der Waals surface area contributed by atoms with Gasteiger partial charge in [-0.3, -0.25) is 4.79 Å². The second kappa shape index (κ2) is 8.73. The fourth-order valence-electron chi connectivity index (χ4n) is 2.57. The van der Waals surface area contributed by atoms with Crippen LogP contribution in [0.15, 0.2) is 54.6 Å². The largest absolute Gasteiger partial charge is 0.351 e. The number of amides is 1. The van der Waals surface area contributed by atoms with E-state index in [0.29, 0.717) is 29.0 Å². The maximum Gasteiger partial charge on any atom is 0.251 e. The van der Waals surface area contributed by atoms with Gasteiger partial charge in [0.15, 0.2) is 0 Å². The number of carbonyl (C=O) groups is 1. The number of rotatable bonds is 7. The highest BCUT2D eigenvalue weighted by Gasteiger charge is 2.14. The van der Waals surface area contributed by atoms with Gasteiger partial charge in [-0.1, -0.05) is 62.2 Å². The molecule has 0 saturated heterocycles. The first-order valence-corrected chi connectivity index (χ1v) is 8.52. The van der Waals surface area contributed by atoms with E-state index < -0.39 is 0 Å². The predicted molar refractivity (Wildman–Crippen MR) is 97.0 cm³/mol. The van der Waals surface area contributed by atoms with E-state index in [1.165, 1.54) is 5.56 Å². The monoisotopic (exact) mass is 329 g/mol. The Bertz CT molecular complexity index is 607. The Kier molecular flexibility index (Phi) is 6.66. The molecule has 0 saturated carbocycles. The summed E-state index contributed by atoms with van der Waals surface area (Å²) in [6.07, 6.45) is 2.22. The molecule has 2 nitrogen and oxygen atoms in total. The van der Waals surface area contributed by atoms with Gasteiger partial charge in [-0.05, 0) is 42.2 Å². The zero-order valence-electron chi connectivity index (χ0n) is 13.8. The van der Waals surface area contributed by atoms with Gasteiger partial charge in [0.05, 0.1) is 0 Å². The number of carbonyl (C=O) groups excluding carboxylic acids is 1. The number of hydrogen-bond acceptors (Lipinski definition) is 1. The van der Waals surface area contributed by atoms with E-state index in [9.17, 15) is 4.79 Å². The van der Waals surface area contributed by atoms with Gasteiger partial charge in [0.2, 0.25) is 0 Å². The maximum absolute atomic E-state index is 12.3. The molecule has 1 N–H and O–H groups in total. The molecule has 0 aromatic heterocycles. The predicted octanol–water partition coefficient (Wildman–Crippen LogP) is 5.29. The van der Waals surface area contributed by atoms with Gasteiger partial charge in [-0.25, -0.2) is 0 Å². The van der Waals surface area contributed by atoms with Crippen molar-refractivity contribution in [2.45, 2.75) is 32.6 Å². The summed E-state index contributed by atoms with van der Waals surface area (Å²) in [6.45, 7) is 5.11. The van der Waals surface area contributed by atoms with E-state index in [4.69, 9.17) is 11.6 Å². The van der Waals surface area contributed by atoms with Crippen LogP contribution >= 0.6 is 11.6 Å². The van der Waals surface area contributed by atoms with Crippen molar-refractivity contribution in [2.24, 2.45) is 5.92 Å². The standard InChI is InChI=1S/C20H24ClNO/c1-15(2)8-9-18(16-6-4-3-5-7-16)14-22-20(23)17-10-12-19(21)13-11-17/h3-7,10-13,15,18H,8-9,14H2,1-2H3,(H,22,23). The van der Waals surface area contributed by atoms with Crippen LogP contribution in [0.4, 0.5) is 0 Å². The highest BCUT2D eigenvalue weighted by molar-refractivity contribution is 6.30. The molecule has 0 radical (unpaired) electrons. The van der Waals surface area contributed by atoms with Crippen LogP contribution in [0.5, 0.6) is 0 Å². The summed E-state index contributed by atoms with van der Waals surface area (Å²) in [4.78, 5) is 12.3. The van der Waals surface area contributed by atoms with E-state index in [1.54, 1.807) is 24.3 Å². The van der Waals surface area contributed by atoms with Crippen molar-refractivity contribution in [3.05, 3.63) is 70.7 Å². The Morgan fingerprint density at radius 1 is 1.00 bits per heavy atom. The van der Waals surface area contributed by atoms with Crippen LogP contribution in [0.1, 0.15) is 48.5 Å². The summed E-state index contributed by atoms with van der Waals surface area (Å²) < 4.78 is 0. The molecule has 3 heteroatoms.